The van der Waals surface area contributed by atoms with Crippen LogP contribution in [-0.4, -0.2) is 25.0 Å². The largest absolute Gasteiger partial charge is 0.352 e. The Morgan fingerprint density at radius 2 is 2.21 bits per heavy atom. The van der Waals surface area contributed by atoms with Gasteiger partial charge in [0.2, 0.25) is 5.91 Å². The molecule has 2 rings (SSSR count). The highest BCUT2D eigenvalue weighted by Gasteiger charge is 2.17. The average Bonchev–Trinajstić information content (AvgIpc) is 2.40. The van der Waals surface area contributed by atoms with Crippen molar-refractivity contribution < 1.29 is 4.79 Å². The number of piperidine rings is 1. The molecule has 1 aliphatic rings. The highest BCUT2D eigenvalue weighted by Crippen LogP contribution is 2.21. The molecule has 0 aliphatic carbocycles. The molecular formula is C15H21BrN2O. The number of amides is 1. The maximum atomic E-state index is 12.0. The van der Waals surface area contributed by atoms with Crippen molar-refractivity contribution in [2.45, 2.75) is 38.1 Å². The number of carbonyl (C=O) groups is 1. The number of hydrogen-bond donors (Lipinski definition) is 2. The molecule has 19 heavy (non-hydrogen) atoms. The molecule has 0 saturated carbocycles. The van der Waals surface area contributed by atoms with Gasteiger partial charge >= 0.3 is 0 Å². The van der Waals surface area contributed by atoms with Gasteiger partial charge in [0.25, 0.3) is 0 Å². The van der Waals surface area contributed by atoms with Gasteiger partial charge < -0.3 is 10.6 Å². The van der Waals surface area contributed by atoms with Gasteiger partial charge in [-0.2, -0.15) is 0 Å². The van der Waals surface area contributed by atoms with E-state index in [9.17, 15) is 4.79 Å². The molecule has 3 nitrogen and oxygen atoms in total. The maximum absolute atomic E-state index is 12.0. The first-order chi connectivity index (χ1) is 9.15. The van der Waals surface area contributed by atoms with Gasteiger partial charge in [0.1, 0.15) is 0 Å². The lowest BCUT2D eigenvalue weighted by Gasteiger charge is -2.24. The fraction of sp³-hybridized carbons (Fsp3) is 0.533. The Bertz CT molecular complexity index is 413. The minimum Gasteiger partial charge on any atom is -0.352 e. The Kier molecular flexibility index (Phi) is 5.40. The van der Waals surface area contributed by atoms with E-state index in [1.165, 1.54) is 5.56 Å². The summed E-state index contributed by atoms with van der Waals surface area (Å²) < 4.78 is 1.07. The fourth-order valence-electron chi connectivity index (χ4n) is 2.45. The molecule has 104 valence electrons. The van der Waals surface area contributed by atoms with Gasteiger partial charge in [-0.05, 0) is 43.0 Å². The van der Waals surface area contributed by atoms with Crippen molar-refractivity contribution >= 4 is 21.8 Å². The third kappa shape index (κ3) is 4.62. The predicted molar refractivity (Wildman–Crippen MR) is 81.2 cm³/mol. The molecule has 1 fully saturated rings. The van der Waals surface area contributed by atoms with Crippen LogP contribution >= 0.6 is 15.9 Å². The van der Waals surface area contributed by atoms with Crippen LogP contribution in [0.1, 0.15) is 37.7 Å². The third-order valence-corrected chi connectivity index (χ3v) is 4.12. The lowest BCUT2D eigenvalue weighted by atomic mass is 9.97. The summed E-state index contributed by atoms with van der Waals surface area (Å²) in [6.45, 7) is 4.07. The van der Waals surface area contributed by atoms with Gasteiger partial charge in [-0.25, -0.2) is 0 Å². The van der Waals surface area contributed by atoms with E-state index < -0.39 is 0 Å². The summed E-state index contributed by atoms with van der Waals surface area (Å²) in [5.41, 5.74) is 1.21. The van der Waals surface area contributed by atoms with Gasteiger partial charge in [0, 0.05) is 23.5 Å². The smallest absolute Gasteiger partial charge is 0.220 e. The van der Waals surface area contributed by atoms with Crippen LogP contribution in [-0.2, 0) is 4.79 Å². The summed E-state index contributed by atoms with van der Waals surface area (Å²) in [6.07, 6.45) is 2.79. The van der Waals surface area contributed by atoms with Crippen LogP contribution in [0.5, 0.6) is 0 Å². The van der Waals surface area contributed by atoms with E-state index in [-0.39, 0.29) is 11.8 Å². The molecule has 1 unspecified atom stereocenters. The molecule has 1 heterocycles. The number of rotatable bonds is 4. The fourth-order valence-corrected chi connectivity index (χ4v) is 2.71. The van der Waals surface area contributed by atoms with Crippen molar-refractivity contribution in [3.05, 3.63) is 34.3 Å². The van der Waals surface area contributed by atoms with Crippen LogP contribution in [0, 0.1) is 0 Å². The lowest BCUT2D eigenvalue weighted by Crippen LogP contribution is -2.45. The van der Waals surface area contributed by atoms with Gasteiger partial charge in [-0.3, -0.25) is 4.79 Å². The molecule has 0 radical (unpaired) electrons. The first-order valence-electron chi connectivity index (χ1n) is 6.90. The molecule has 2 N–H and O–H groups in total. The number of hydrogen-bond acceptors (Lipinski definition) is 2. The quantitative estimate of drug-likeness (QED) is 0.894. The Morgan fingerprint density at radius 1 is 1.47 bits per heavy atom. The highest BCUT2D eigenvalue weighted by molar-refractivity contribution is 9.10. The molecule has 0 spiro atoms. The Balaban J connectivity index is 1.82. The monoisotopic (exact) mass is 324 g/mol. The van der Waals surface area contributed by atoms with Crippen LogP contribution in [0.3, 0.4) is 0 Å². The molecule has 1 saturated heterocycles. The molecule has 2 atom stereocenters. The number of benzene rings is 1. The van der Waals surface area contributed by atoms with E-state index in [1.54, 1.807) is 0 Å². The van der Waals surface area contributed by atoms with Crippen molar-refractivity contribution in [2.75, 3.05) is 13.1 Å². The van der Waals surface area contributed by atoms with Crippen LogP contribution in [0.2, 0.25) is 0 Å². The second-order valence-corrected chi connectivity index (χ2v) is 6.18. The topological polar surface area (TPSA) is 41.1 Å². The predicted octanol–water partition coefficient (Wildman–Crippen LogP) is 2.81. The lowest BCUT2D eigenvalue weighted by molar-refractivity contribution is -0.122. The molecule has 0 bridgehead atoms. The number of halogens is 1. The Labute approximate surface area is 123 Å². The highest BCUT2D eigenvalue weighted by atomic mass is 79.9. The molecule has 1 aromatic carbocycles. The normalized spacial score (nSPS) is 20.8. The second kappa shape index (κ2) is 7.06. The van der Waals surface area contributed by atoms with E-state index in [4.69, 9.17) is 0 Å². The molecule has 0 aromatic heterocycles. The summed E-state index contributed by atoms with van der Waals surface area (Å²) in [7, 11) is 0. The number of carbonyl (C=O) groups excluding carboxylic acids is 1. The molecule has 1 aromatic rings. The van der Waals surface area contributed by atoms with Crippen LogP contribution in [0.4, 0.5) is 0 Å². The number of nitrogens with one attached hydrogen (secondary N) is 2. The van der Waals surface area contributed by atoms with Gasteiger partial charge in [0.15, 0.2) is 0 Å². The SMILES string of the molecule is CC(CC(=O)N[C@@H]1CCCNC1)c1ccc(Br)cc1. The van der Waals surface area contributed by atoms with Crippen LogP contribution in [0.25, 0.3) is 0 Å². The zero-order valence-corrected chi connectivity index (χ0v) is 12.9. The Morgan fingerprint density at radius 3 is 2.84 bits per heavy atom. The molecular weight excluding hydrogens is 304 g/mol. The molecule has 4 heteroatoms. The minimum absolute atomic E-state index is 0.157. The van der Waals surface area contributed by atoms with E-state index in [0.29, 0.717) is 12.5 Å². The Hall–Kier alpha value is -0.870. The van der Waals surface area contributed by atoms with Crippen LogP contribution in [0.15, 0.2) is 28.7 Å². The van der Waals surface area contributed by atoms with Crippen molar-refractivity contribution in [1.82, 2.24) is 10.6 Å². The summed E-state index contributed by atoms with van der Waals surface area (Å²) in [6, 6.07) is 8.50. The van der Waals surface area contributed by atoms with Crippen molar-refractivity contribution in [2.24, 2.45) is 0 Å². The zero-order valence-electron chi connectivity index (χ0n) is 11.3. The van der Waals surface area contributed by atoms with E-state index in [0.717, 1.165) is 30.4 Å². The summed E-state index contributed by atoms with van der Waals surface area (Å²) >= 11 is 3.42. The second-order valence-electron chi connectivity index (χ2n) is 5.27. The molecule has 1 amide bonds. The van der Waals surface area contributed by atoms with Crippen molar-refractivity contribution in [3.8, 4) is 0 Å². The summed E-state index contributed by atoms with van der Waals surface area (Å²) in [5.74, 6) is 0.411. The van der Waals surface area contributed by atoms with Gasteiger partial charge in [-0.1, -0.05) is 35.0 Å². The van der Waals surface area contributed by atoms with Gasteiger partial charge in [-0.15, -0.1) is 0 Å². The van der Waals surface area contributed by atoms with Gasteiger partial charge in [0.05, 0.1) is 0 Å². The van der Waals surface area contributed by atoms with E-state index in [2.05, 4.69) is 45.6 Å². The van der Waals surface area contributed by atoms with Crippen molar-refractivity contribution in [1.29, 1.82) is 0 Å². The van der Waals surface area contributed by atoms with Crippen molar-refractivity contribution in [3.63, 3.8) is 0 Å². The van der Waals surface area contributed by atoms with Crippen LogP contribution < -0.4 is 10.6 Å². The average molecular weight is 325 g/mol. The van der Waals surface area contributed by atoms with E-state index >= 15 is 0 Å². The maximum Gasteiger partial charge on any atom is 0.220 e. The summed E-state index contributed by atoms with van der Waals surface area (Å²) in [5, 5.41) is 6.43. The standard InChI is InChI=1S/C15H21BrN2O/c1-11(12-4-6-13(16)7-5-12)9-15(19)18-14-3-2-8-17-10-14/h4-7,11,14,17H,2-3,8-10H2,1H3,(H,18,19)/t11?,14-/m1/s1. The minimum atomic E-state index is 0.157. The third-order valence-electron chi connectivity index (χ3n) is 3.59. The first kappa shape index (κ1) is 14.5. The zero-order chi connectivity index (χ0) is 13.7. The molecule has 1 aliphatic heterocycles. The summed E-state index contributed by atoms with van der Waals surface area (Å²) in [4.78, 5) is 12.0. The first-order valence-corrected chi connectivity index (χ1v) is 7.70. The van der Waals surface area contributed by atoms with E-state index in [1.807, 2.05) is 12.1 Å².